The number of nitrogen functional groups attached to an aromatic ring is 1. The summed E-state index contributed by atoms with van der Waals surface area (Å²) in [5.74, 6) is 2.42. The number of nitrogens with zero attached hydrogens (tertiary/aromatic N) is 5. The van der Waals surface area contributed by atoms with E-state index in [4.69, 9.17) is 15.7 Å². The zero-order chi connectivity index (χ0) is 23.8. The molecular formula is C27H29N7S. The quantitative estimate of drug-likeness (QED) is 0.354. The molecule has 7 nitrogen and oxygen atoms in total. The van der Waals surface area contributed by atoms with Gasteiger partial charge in [0.2, 0.25) is 5.95 Å². The van der Waals surface area contributed by atoms with E-state index >= 15 is 0 Å². The first-order valence-corrected chi connectivity index (χ1v) is 13.2. The summed E-state index contributed by atoms with van der Waals surface area (Å²) in [6.45, 7) is 5.51. The van der Waals surface area contributed by atoms with Crippen LogP contribution < -0.4 is 16.0 Å². The number of nitrogens with two attached hydrogens (primary N) is 1. The maximum atomic E-state index is 6.07. The van der Waals surface area contributed by atoms with Gasteiger partial charge in [0, 0.05) is 54.2 Å². The van der Waals surface area contributed by atoms with E-state index in [0.717, 1.165) is 70.5 Å². The molecule has 8 heteroatoms. The van der Waals surface area contributed by atoms with Gasteiger partial charge in [0.05, 0.1) is 17.1 Å². The van der Waals surface area contributed by atoms with Gasteiger partial charge in [-0.3, -0.25) is 0 Å². The maximum Gasteiger partial charge on any atom is 0.227 e. The molecule has 2 aromatic carbocycles. The average molecular weight is 484 g/mol. The Labute approximate surface area is 209 Å². The summed E-state index contributed by atoms with van der Waals surface area (Å²) >= 11 is 1.77. The first-order chi connectivity index (χ1) is 17.1. The molecule has 0 radical (unpaired) electrons. The molecule has 178 valence electrons. The van der Waals surface area contributed by atoms with Crippen LogP contribution in [0.3, 0.4) is 0 Å². The number of hydrogen-bond acceptors (Lipinski definition) is 7. The summed E-state index contributed by atoms with van der Waals surface area (Å²) in [4.78, 5) is 16.8. The number of anilines is 4. The number of fused-ring (bicyclic) bond motifs is 1. The van der Waals surface area contributed by atoms with Crippen LogP contribution in [0.25, 0.3) is 22.6 Å². The highest BCUT2D eigenvalue weighted by Gasteiger charge is 2.25. The van der Waals surface area contributed by atoms with Crippen molar-refractivity contribution in [2.24, 2.45) is 5.92 Å². The van der Waals surface area contributed by atoms with Gasteiger partial charge >= 0.3 is 0 Å². The molecule has 0 saturated carbocycles. The number of piperidine rings is 1. The molecule has 6 rings (SSSR count). The van der Waals surface area contributed by atoms with Crippen molar-refractivity contribution in [2.45, 2.75) is 31.5 Å². The van der Waals surface area contributed by atoms with E-state index < -0.39 is 0 Å². The number of imidazole rings is 1. The van der Waals surface area contributed by atoms with Gasteiger partial charge < -0.3 is 20.5 Å². The molecule has 2 aliphatic heterocycles. The lowest BCUT2D eigenvalue weighted by Gasteiger charge is -2.32. The Kier molecular flexibility index (Phi) is 5.82. The second-order valence-electron chi connectivity index (χ2n) is 9.32. The fraction of sp³-hybridized carbons (Fsp3) is 0.296. The molecule has 1 fully saturated rings. The number of nitrogens with one attached hydrogen (secondary N) is 1. The lowest BCUT2D eigenvalue weighted by Crippen LogP contribution is -2.32. The Morgan fingerprint density at radius 2 is 1.83 bits per heavy atom. The van der Waals surface area contributed by atoms with Crippen molar-refractivity contribution in [3.63, 3.8) is 0 Å². The minimum Gasteiger partial charge on any atom is -0.399 e. The Morgan fingerprint density at radius 3 is 2.63 bits per heavy atom. The topological polar surface area (TPSA) is 84.9 Å². The van der Waals surface area contributed by atoms with Crippen LogP contribution in [-0.2, 0) is 6.54 Å². The lowest BCUT2D eigenvalue weighted by atomic mass is 9.99. The highest BCUT2D eigenvalue weighted by Crippen LogP contribution is 2.39. The lowest BCUT2D eigenvalue weighted by molar-refractivity contribution is 0.438. The predicted molar refractivity (Wildman–Crippen MR) is 144 cm³/mol. The second kappa shape index (κ2) is 9.26. The van der Waals surface area contributed by atoms with Gasteiger partial charge in [0.15, 0.2) is 5.16 Å². The van der Waals surface area contributed by atoms with E-state index in [1.54, 1.807) is 18.0 Å². The monoisotopic (exact) mass is 483 g/mol. The van der Waals surface area contributed by atoms with Crippen molar-refractivity contribution in [1.82, 2.24) is 19.5 Å². The number of thioether (sulfide) groups is 1. The van der Waals surface area contributed by atoms with Crippen LogP contribution >= 0.6 is 11.8 Å². The third kappa shape index (κ3) is 4.46. The molecular weight excluding hydrogens is 454 g/mol. The highest BCUT2D eigenvalue weighted by molar-refractivity contribution is 7.99. The molecule has 2 aliphatic rings. The van der Waals surface area contributed by atoms with E-state index in [1.807, 2.05) is 30.3 Å². The Bertz CT molecular complexity index is 1340. The molecule has 4 heterocycles. The minimum atomic E-state index is 0.571. The molecule has 2 aromatic heterocycles. The third-order valence-electron chi connectivity index (χ3n) is 6.81. The van der Waals surface area contributed by atoms with Gasteiger partial charge in [0.25, 0.3) is 0 Å². The first kappa shape index (κ1) is 22.0. The summed E-state index contributed by atoms with van der Waals surface area (Å²) in [6, 6.07) is 18.4. The predicted octanol–water partition coefficient (Wildman–Crippen LogP) is 5.67. The fourth-order valence-corrected chi connectivity index (χ4v) is 5.78. The van der Waals surface area contributed by atoms with Crippen LogP contribution in [0.2, 0.25) is 0 Å². The van der Waals surface area contributed by atoms with E-state index in [0.29, 0.717) is 5.95 Å². The molecule has 0 spiro atoms. The molecule has 0 aliphatic carbocycles. The van der Waals surface area contributed by atoms with Crippen LogP contribution in [-0.4, -0.2) is 38.4 Å². The van der Waals surface area contributed by atoms with Crippen LogP contribution in [0.15, 0.2) is 66.0 Å². The number of rotatable bonds is 5. The van der Waals surface area contributed by atoms with Gasteiger partial charge in [-0.15, -0.1) is 0 Å². The van der Waals surface area contributed by atoms with Gasteiger partial charge in [-0.25, -0.2) is 15.0 Å². The number of benzene rings is 2. The van der Waals surface area contributed by atoms with Gasteiger partial charge in [0.1, 0.15) is 0 Å². The van der Waals surface area contributed by atoms with E-state index in [1.165, 1.54) is 18.5 Å². The Balaban J connectivity index is 1.28. The standard InChI is InChI=1S/C27H29N7S/c1-18-10-13-33(14-11-18)22-7-5-21(6-8-22)30-26-29-12-9-23(31-26)25-24(19-3-2-4-20(28)17-19)32-27-34(25)15-16-35-27/h2-9,12,17-18H,10-11,13-16,28H2,1H3,(H,29,30,31). The van der Waals surface area contributed by atoms with Crippen molar-refractivity contribution in [2.75, 3.05) is 34.8 Å². The van der Waals surface area contributed by atoms with Crippen molar-refractivity contribution in [3.05, 3.63) is 60.8 Å². The summed E-state index contributed by atoms with van der Waals surface area (Å²) in [5.41, 5.74) is 12.8. The molecule has 0 amide bonds. The first-order valence-electron chi connectivity index (χ1n) is 12.2. The van der Waals surface area contributed by atoms with Crippen molar-refractivity contribution < 1.29 is 0 Å². The molecule has 4 aromatic rings. The molecule has 0 unspecified atom stereocenters. The Hall–Kier alpha value is -3.52. The average Bonchev–Trinajstić information content (AvgIpc) is 3.47. The van der Waals surface area contributed by atoms with Crippen molar-refractivity contribution >= 4 is 34.8 Å². The van der Waals surface area contributed by atoms with E-state index in [2.05, 4.69) is 51.0 Å². The SMILES string of the molecule is CC1CCN(c2ccc(Nc3nccc(-c4c(-c5cccc(N)c5)nc5n4CCS5)n3)cc2)CC1. The normalized spacial score (nSPS) is 15.9. The van der Waals surface area contributed by atoms with Crippen LogP contribution in [0, 0.1) is 5.92 Å². The summed E-state index contributed by atoms with van der Waals surface area (Å²) in [6.07, 6.45) is 4.32. The molecule has 0 atom stereocenters. The summed E-state index contributed by atoms with van der Waals surface area (Å²) in [7, 11) is 0. The largest absolute Gasteiger partial charge is 0.399 e. The van der Waals surface area contributed by atoms with Crippen LogP contribution in [0.5, 0.6) is 0 Å². The van der Waals surface area contributed by atoms with Crippen LogP contribution in [0.4, 0.5) is 23.0 Å². The smallest absolute Gasteiger partial charge is 0.227 e. The molecule has 35 heavy (non-hydrogen) atoms. The van der Waals surface area contributed by atoms with Gasteiger partial charge in [-0.2, -0.15) is 0 Å². The van der Waals surface area contributed by atoms with Gasteiger partial charge in [-0.05, 0) is 61.2 Å². The van der Waals surface area contributed by atoms with Crippen LogP contribution in [0.1, 0.15) is 19.8 Å². The number of aromatic nitrogens is 4. The molecule has 1 saturated heterocycles. The number of hydrogen-bond donors (Lipinski definition) is 2. The van der Waals surface area contributed by atoms with Crippen molar-refractivity contribution in [1.29, 1.82) is 0 Å². The highest BCUT2D eigenvalue weighted by atomic mass is 32.2. The maximum absolute atomic E-state index is 6.07. The summed E-state index contributed by atoms with van der Waals surface area (Å²) in [5, 5.41) is 4.41. The zero-order valence-corrected chi connectivity index (χ0v) is 20.6. The van der Waals surface area contributed by atoms with Gasteiger partial charge in [-0.1, -0.05) is 30.8 Å². The minimum absolute atomic E-state index is 0.571. The Morgan fingerprint density at radius 1 is 1.00 bits per heavy atom. The summed E-state index contributed by atoms with van der Waals surface area (Å²) < 4.78 is 2.25. The molecule has 0 bridgehead atoms. The molecule has 3 N–H and O–H groups in total. The van der Waals surface area contributed by atoms with E-state index in [-0.39, 0.29) is 0 Å². The second-order valence-corrected chi connectivity index (χ2v) is 10.4. The van der Waals surface area contributed by atoms with Crippen molar-refractivity contribution in [3.8, 4) is 22.6 Å². The third-order valence-corrected chi connectivity index (χ3v) is 7.77. The fourth-order valence-electron chi connectivity index (χ4n) is 4.83. The van der Waals surface area contributed by atoms with E-state index in [9.17, 15) is 0 Å². The zero-order valence-electron chi connectivity index (χ0n) is 19.8.